The Morgan fingerprint density at radius 2 is 2.00 bits per heavy atom. The highest BCUT2D eigenvalue weighted by atomic mass is 16.5. The molecule has 0 aromatic heterocycles. The minimum Gasteiger partial charge on any atom is -0.388 e. The van der Waals surface area contributed by atoms with Crippen LogP contribution >= 0.6 is 0 Å². The van der Waals surface area contributed by atoms with E-state index in [0.29, 0.717) is 32.6 Å². The fourth-order valence-electron chi connectivity index (χ4n) is 1.22. The zero-order valence-electron chi connectivity index (χ0n) is 6.55. The van der Waals surface area contributed by atoms with Gasteiger partial charge in [-0.1, -0.05) is 0 Å². The average Bonchev–Trinajstić information content (AvgIpc) is 2.03. The molecule has 0 bridgehead atoms. The summed E-state index contributed by atoms with van der Waals surface area (Å²) in [5, 5.41) is 20.9. The maximum Gasteiger partial charge on any atom is 0.0932 e. The Labute approximate surface area is 66.2 Å². The summed E-state index contributed by atoms with van der Waals surface area (Å²) in [4.78, 5) is 0. The van der Waals surface area contributed by atoms with E-state index in [-0.39, 0.29) is 6.73 Å². The third-order valence-electron chi connectivity index (χ3n) is 1.99. The van der Waals surface area contributed by atoms with Gasteiger partial charge in [0.15, 0.2) is 0 Å². The Bertz CT molecular complexity index is 112. The molecule has 11 heavy (non-hydrogen) atoms. The van der Waals surface area contributed by atoms with Gasteiger partial charge in [-0.15, -0.1) is 0 Å². The first-order valence-corrected chi connectivity index (χ1v) is 3.88. The molecule has 0 amide bonds. The lowest BCUT2D eigenvalue weighted by molar-refractivity contribution is -0.0637. The van der Waals surface area contributed by atoms with E-state index in [2.05, 4.69) is 5.32 Å². The summed E-state index contributed by atoms with van der Waals surface area (Å²) >= 11 is 0. The summed E-state index contributed by atoms with van der Waals surface area (Å²) in [5.74, 6) is 0. The zero-order valence-corrected chi connectivity index (χ0v) is 6.55. The predicted octanol–water partition coefficient (Wildman–Crippen LogP) is -0.933. The van der Waals surface area contributed by atoms with Gasteiger partial charge >= 0.3 is 0 Å². The Morgan fingerprint density at radius 1 is 1.36 bits per heavy atom. The second-order valence-corrected chi connectivity index (χ2v) is 2.92. The number of hydrogen-bond donors (Lipinski definition) is 3. The summed E-state index contributed by atoms with van der Waals surface area (Å²) in [7, 11) is 0. The SMILES string of the molecule is OCNCC1(O)CCOCC1. The molecule has 4 heteroatoms. The summed E-state index contributed by atoms with van der Waals surface area (Å²) in [6.45, 7) is 1.60. The summed E-state index contributed by atoms with van der Waals surface area (Å²) in [6, 6.07) is 0. The quantitative estimate of drug-likeness (QED) is 0.468. The molecule has 0 unspecified atom stereocenters. The molecule has 0 radical (unpaired) electrons. The van der Waals surface area contributed by atoms with Crippen LogP contribution < -0.4 is 5.32 Å². The van der Waals surface area contributed by atoms with Crippen molar-refractivity contribution in [2.45, 2.75) is 18.4 Å². The van der Waals surface area contributed by atoms with E-state index in [9.17, 15) is 5.11 Å². The molecule has 1 saturated heterocycles. The monoisotopic (exact) mass is 161 g/mol. The summed E-state index contributed by atoms with van der Waals surface area (Å²) < 4.78 is 5.09. The summed E-state index contributed by atoms with van der Waals surface area (Å²) in [5.41, 5.74) is -0.666. The van der Waals surface area contributed by atoms with Gasteiger partial charge in [0.05, 0.1) is 12.3 Å². The van der Waals surface area contributed by atoms with Gasteiger partial charge < -0.3 is 14.9 Å². The van der Waals surface area contributed by atoms with Crippen LogP contribution in [0, 0.1) is 0 Å². The number of nitrogens with one attached hydrogen (secondary N) is 1. The second-order valence-electron chi connectivity index (χ2n) is 2.92. The summed E-state index contributed by atoms with van der Waals surface area (Å²) in [6.07, 6.45) is 1.31. The van der Waals surface area contributed by atoms with E-state index in [1.54, 1.807) is 0 Å². The molecule has 1 rings (SSSR count). The first-order valence-electron chi connectivity index (χ1n) is 3.88. The molecule has 0 aliphatic carbocycles. The van der Waals surface area contributed by atoms with E-state index >= 15 is 0 Å². The van der Waals surface area contributed by atoms with Gasteiger partial charge in [-0.3, -0.25) is 5.32 Å². The Hall–Kier alpha value is -0.160. The van der Waals surface area contributed by atoms with Gasteiger partial charge in [0.25, 0.3) is 0 Å². The van der Waals surface area contributed by atoms with E-state index < -0.39 is 5.60 Å². The minimum absolute atomic E-state index is 0.0802. The molecular weight excluding hydrogens is 146 g/mol. The van der Waals surface area contributed by atoms with Crippen LogP contribution in [0.4, 0.5) is 0 Å². The first kappa shape index (κ1) is 8.93. The Morgan fingerprint density at radius 3 is 2.55 bits per heavy atom. The van der Waals surface area contributed by atoms with Crippen molar-refractivity contribution in [1.29, 1.82) is 0 Å². The number of ether oxygens (including phenoxy) is 1. The highest BCUT2D eigenvalue weighted by Gasteiger charge is 2.28. The molecule has 66 valence electrons. The third-order valence-corrected chi connectivity index (χ3v) is 1.99. The lowest BCUT2D eigenvalue weighted by Gasteiger charge is -2.31. The molecule has 4 nitrogen and oxygen atoms in total. The molecule has 1 fully saturated rings. The van der Waals surface area contributed by atoms with E-state index in [0.717, 1.165) is 0 Å². The van der Waals surface area contributed by atoms with Gasteiger partial charge in [0, 0.05) is 32.6 Å². The van der Waals surface area contributed by atoms with Gasteiger partial charge in [-0.05, 0) is 0 Å². The van der Waals surface area contributed by atoms with Crippen molar-refractivity contribution in [2.75, 3.05) is 26.5 Å². The molecule has 0 aromatic carbocycles. The van der Waals surface area contributed by atoms with Gasteiger partial charge in [-0.2, -0.15) is 0 Å². The zero-order chi connectivity index (χ0) is 8.16. The third kappa shape index (κ3) is 2.75. The number of hydrogen-bond acceptors (Lipinski definition) is 4. The molecule has 0 atom stereocenters. The Kier molecular flexibility index (Phi) is 3.26. The smallest absolute Gasteiger partial charge is 0.0932 e. The van der Waals surface area contributed by atoms with Gasteiger partial charge in [0.1, 0.15) is 0 Å². The predicted molar refractivity (Wildman–Crippen MR) is 40.1 cm³/mol. The molecule has 1 aliphatic rings. The van der Waals surface area contributed by atoms with Crippen molar-refractivity contribution >= 4 is 0 Å². The molecule has 1 aliphatic heterocycles. The molecule has 0 spiro atoms. The first-order chi connectivity index (χ1) is 5.27. The number of rotatable bonds is 3. The fourth-order valence-corrected chi connectivity index (χ4v) is 1.22. The van der Waals surface area contributed by atoms with Gasteiger partial charge in [-0.25, -0.2) is 0 Å². The highest BCUT2D eigenvalue weighted by molar-refractivity contribution is 4.82. The van der Waals surface area contributed by atoms with Crippen LogP contribution in [-0.4, -0.2) is 42.3 Å². The topological polar surface area (TPSA) is 61.7 Å². The van der Waals surface area contributed by atoms with Crippen molar-refractivity contribution in [1.82, 2.24) is 5.32 Å². The van der Waals surface area contributed by atoms with Crippen molar-refractivity contribution in [3.8, 4) is 0 Å². The maximum atomic E-state index is 9.75. The fraction of sp³-hybridized carbons (Fsp3) is 1.00. The van der Waals surface area contributed by atoms with E-state index in [1.165, 1.54) is 0 Å². The van der Waals surface area contributed by atoms with E-state index in [1.807, 2.05) is 0 Å². The molecule has 0 aromatic rings. The highest BCUT2D eigenvalue weighted by Crippen LogP contribution is 2.18. The van der Waals surface area contributed by atoms with Crippen molar-refractivity contribution in [2.24, 2.45) is 0 Å². The largest absolute Gasteiger partial charge is 0.388 e. The minimum atomic E-state index is -0.666. The van der Waals surface area contributed by atoms with Crippen molar-refractivity contribution in [3.05, 3.63) is 0 Å². The standard InChI is InChI=1S/C7H15NO3/c9-6-8-5-7(10)1-3-11-4-2-7/h8-10H,1-6H2. The molecule has 3 N–H and O–H groups in total. The average molecular weight is 161 g/mol. The van der Waals surface area contributed by atoms with Crippen LogP contribution in [0.25, 0.3) is 0 Å². The van der Waals surface area contributed by atoms with Gasteiger partial charge in [0.2, 0.25) is 0 Å². The van der Waals surface area contributed by atoms with E-state index in [4.69, 9.17) is 9.84 Å². The van der Waals surface area contributed by atoms with Crippen LogP contribution in [0.2, 0.25) is 0 Å². The Balaban J connectivity index is 2.25. The van der Waals surface area contributed by atoms with Crippen molar-refractivity contribution in [3.63, 3.8) is 0 Å². The molecule has 1 heterocycles. The van der Waals surface area contributed by atoms with Crippen LogP contribution in [0.3, 0.4) is 0 Å². The maximum absolute atomic E-state index is 9.75. The molecule has 0 saturated carbocycles. The normalized spacial score (nSPS) is 23.5. The molecular formula is C7H15NO3. The second kappa shape index (κ2) is 4.01. The van der Waals surface area contributed by atoms with Crippen LogP contribution in [0.1, 0.15) is 12.8 Å². The number of aliphatic hydroxyl groups is 2. The van der Waals surface area contributed by atoms with Crippen LogP contribution in [0.5, 0.6) is 0 Å². The van der Waals surface area contributed by atoms with Crippen LogP contribution in [0.15, 0.2) is 0 Å². The van der Waals surface area contributed by atoms with Crippen molar-refractivity contribution < 1.29 is 14.9 Å². The number of aliphatic hydroxyl groups excluding tert-OH is 1. The van der Waals surface area contributed by atoms with Crippen LogP contribution in [-0.2, 0) is 4.74 Å². The lowest BCUT2D eigenvalue weighted by atomic mass is 9.95. The lowest BCUT2D eigenvalue weighted by Crippen LogP contribution is -2.45.